The Kier molecular flexibility index (Phi) is 4.51. The van der Waals surface area contributed by atoms with Crippen LogP contribution in [0, 0.1) is 5.41 Å². The molecular formula is C17H28N2. The molecule has 1 aromatic rings. The summed E-state index contributed by atoms with van der Waals surface area (Å²) in [7, 11) is 2.27. The van der Waals surface area contributed by atoms with Crippen LogP contribution in [0.25, 0.3) is 0 Å². The standard InChI is InChI=1S/C17H28N2/c1-17(2)11-8-15(9-12-17)19(3)13-10-14-6-4-5-7-16(14)18/h4-7,15H,8-13,18H2,1-3H3. The van der Waals surface area contributed by atoms with E-state index in [-0.39, 0.29) is 0 Å². The van der Waals surface area contributed by atoms with Crippen molar-refractivity contribution in [2.24, 2.45) is 5.41 Å². The lowest BCUT2D eigenvalue weighted by Gasteiger charge is -2.38. The van der Waals surface area contributed by atoms with Gasteiger partial charge in [-0.05, 0) is 56.2 Å². The van der Waals surface area contributed by atoms with Crippen molar-refractivity contribution < 1.29 is 0 Å². The summed E-state index contributed by atoms with van der Waals surface area (Å²) in [4.78, 5) is 2.53. The highest BCUT2D eigenvalue weighted by Crippen LogP contribution is 2.36. The van der Waals surface area contributed by atoms with E-state index >= 15 is 0 Å². The van der Waals surface area contributed by atoms with E-state index in [1.54, 1.807) is 0 Å². The Bertz CT molecular complexity index is 401. The molecule has 2 nitrogen and oxygen atoms in total. The molecule has 1 fully saturated rings. The first-order valence-electron chi connectivity index (χ1n) is 7.51. The monoisotopic (exact) mass is 260 g/mol. The van der Waals surface area contributed by atoms with Crippen molar-refractivity contribution in [1.82, 2.24) is 4.90 Å². The van der Waals surface area contributed by atoms with Crippen molar-refractivity contribution in [2.75, 3.05) is 19.3 Å². The lowest BCUT2D eigenvalue weighted by molar-refractivity contribution is 0.128. The van der Waals surface area contributed by atoms with Gasteiger partial charge in [0.05, 0.1) is 0 Å². The second-order valence-electron chi connectivity index (χ2n) is 6.82. The molecule has 2 rings (SSSR count). The number of hydrogen-bond acceptors (Lipinski definition) is 2. The van der Waals surface area contributed by atoms with Gasteiger partial charge in [-0.3, -0.25) is 0 Å². The van der Waals surface area contributed by atoms with Crippen LogP contribution in [0.5, 0.6) is 0 Å². The molecule has 0 unspecified atom stereocenters. The number of likely N-dealkylation sites (N-methyl/N-ethyl adjacent to an activating group) is 1. The Hall–Kier alpha value is -1.02. The summed E-state index contributed by atoms with van der Waals surface area (Å²) < 4.78 is 0. The molecule has 1 saturated carbocycles. The molecule has 0 aromatic heterocycles. The first-order chi connectivity index (χ1) is 8.98. The van der Waals surface area contributed by atoms with Crippen molar-refractivity contribution in [2.45, 2.75) is 52.0 Å². The largest absolute Gasteiger partial charge is 0.399 e. The highest BCUT2D eigenvalue weighted by atomic mass is 15.1. The van der Waals surface area contributed by atoms with Crippen LogP contribution in [-0.4, -0.2) is 24.5 Å². The van der Waals surface area contributed by atoms with Crippen molar-refractivity contribution in [1.29, 1.82) is 0 Å². The quantitative estimate of drug-likeness (QED) is 0.836. The fourth-order valence-corrected chi connectivity index (χ4v) is 3.07. The smallest absolute Gasteiger partial charge is 0.0347 e. The Morgan fingerprint density at radius 1 is 1.21 bits per heavy atom. The molecule has 0 atom stereocenters. The zero-order valence-corrected chi connectivity index (χ0v) is 12.7. The highest BCUT2D eigenvalue weighted by molar-refractivity contribution is 5.46. The second-order valence-corrected chi connectivity index (χ2v) is 6.82. The van der Waals surface area contributed by atoms with Gasteiger partial charge in [-0.2, -0.15) is 0 Å². The van der Waals surface area contributed by atoms with Crippen LogP contribution in [0.2, 0.25) is 0 Å². The number of para-hydroxylation sites is 1. The van der Waals surface area contributed by atoms with Crippen molar-refractivity contribution in [3.63, 3.8) is 0 Å². The third kappa shape index (κ3) is 3.97. The molecule has 1 aliphatic rings. The fourth-order valence-electron chi connectivity index (χ4n) is 3.07. The van der Waals surface area contributed by atoms with E-state index in [1.807, 2.05) is 12.1 Å². The molecule has 106 valence electrons. The zero-order chi connectivity index (χ0) is 13.9. The zero-order valence-electron chi connectivity index (χ0n) is 12.7. The molecule has 2 heteroatoms. The minimum atomic E-state index is 0.557. The van der Waals surface area contributed by atoms with Gasteiger partial charge in [0, 0.05) is 18.3 Å². The van der Waals surface area contributed by atoms with Gasteiger partial charge in [-0.15, -0.1) is 0 Å². The molecule has 0 spiro atoms. The Labute approximate surface area is 118 Å². The molecule has 0 saturated heterocycles. The van der Waals surface area contributed by atoms with E-state index in [0.717, 1.165) is 24.7 Å². The molecule has 1 aliphatic carbocycles. The first kappa shape index (κ1) is 14.4. The molecule has 0 heterocycles. The molecule has 0 radical (unpaired) electrons. The van der Waals surface area contributed by atoms with Gasteiger partial charge in [0.2, 0.25) is 0 Å². The summed E-state index contributed by atoms with van der Waals surface area (Å²) >= 11 is 0. The van der Waals surface area contributed by atoms with Gasteiger partial charge >= 0.3 is 0 Å². The summed E-state index contributed by atoms with van der Waals surface area (Å²) in [6, 6.07) is 8.99. The fraction of sp³-hybridized carbons (Fsp3) is 0.647. The third-order valence-electron chi connectivity index (χ3n) is 4.72. The summed E-state index contributed by atoms with van der Waals surface area (Å²) in [5, 5.41) is 0. The predicted octanol–water partition coefficient (Wildman–Crippen LogP) is 3.71. The van der Waals surface area contributed by atoms with Crippen LogP contribution < -0.4 is 5.73 Å². The van der Waals surface area contributed by atoms with Gasteiger partial charge in [-0.1, -0.05) is 32.0 Å². The molecule has 1 aromatic carbocycles. The van der Waals surface area contributed by atoms with Crippen LogP contribution in [0.1, 0.15) is 45.1 Å². The van der Waals surface area contributed by atoms with E-state index in [0.29, 0.717) is 5.41 Å². The summed E-state index contributed by atoms with van der Waals surface area (Å²) in [5.41, 5.74) is 8.77. The molecule has 2 N–H and O–H groups in total. The minimum absolute atomic E-state index is 0.557. The maximum Gasteiger partial charge on any atom is 0.0347 e. The molecule has 0 bridgehead atoms. The Morgan fingerprint density at radius 2 is 1.84 bits per heavy atom. The lowest BCUT2D eigenvalue weighted by atomic mass is 9.75. The minimum Gasteiger partial charge on any atom is -0.399 e. The van der Waals surface area contributed by atoms with Crippen LogP contribution in [0.4, 0.5) is 5.69 Å². The molecule has 0 amide bonds. The molecule has 0 aliphatic heterocycles. The van der Waals surface area contributed by atoms with E-state index in [4.69, 9.17) is 5.73 Å². The molecular weight excluding hydrogens is 232 g/mol. The SMILES string of the molecule is CN(CCc1ccccc1N)C1CCC(C)(C)CC1. The number of nitrogen functional groups attached to an aromatic ring is 1. The van der Waals surface area contributed by atoms with Gasteiger partial charge < -0.3 is 10.6 Å². The number of benzene rings is 1. The maximum absolute atomic E-state index is 6.00. The highest BCUT2D eigenvalue weighted by Gasteiger charge is 2.28. The van der Waals surface area contributed by atoms with E-state index < -0.39 is 0 Å². The van der Waals surface area contributed by atoms with E-state index in [9.17, 15) is 0 Å². The summed E-state index contributed by atoms with van der Waals surface area (Å²) in [5.74, 6) is 0. The van der Waals surface area contributed by atoms with Crippen molar-refractivity contribution in [3.05, 3.63) is 29.8 Å². The average molecular weight is 260 g/mol. The predicted molar refractivity (Wildman–Crippen MR) is 83.2 cm³/mol. The number of rotatable bonds is 4. The first-order valence-corrected chi connectivity index (χ1v) is 7.51. The van der Waals surface area contributed by atoms with E-state index in [2.05, 4.69) is 37.9 Å². The normalized spacial score (nSPS) is 19.8. The summed E-state index contributed by atoms with van der Waals surface area (Å²) in [6.45, 7) is 5.90. The van der Waals surface area contributed by atoms with Gasteiger partial charge in [0.1, 0.15) is 0 Å². The van der Waals surface area contributed by atoms with Gasteiger partial charge in [0.25, 0.3) is 0 Å². The lowest BCUT2D eigenvalue weighted by Crippen LogP contribution is -2.38. The topological polar surface area (TPSA) is 29.3 Å². The van der Waals surface area contributed by atoms with Gasteiger partial charge in [0.15, 0.2) is 0 Å². The van der Waals surface area contributed by atoms with Crippen LogP contribution in [0.15, 0.2) is 24.3 Å². The van der Waals surface area contributed by atoms with E-state index in [1.165, 1.54) is 31.2 Å². The average Bonchev–Trinajstić information content (AvgIpc) is 2.37. The Balaban J connectivity index is 1.82. The Morgan fingerprint density at radius 3 is 2.47 bits per heavy atom. The number of nitrogens with two attached hydrogens (primary N) is 1. The van der Waals surface area contributed by atoms with Crippen molar-refractivity contribution in [3.8, 4) is 0 Å². The maximum atomic E-state index is 6.00. The van der Waals surface area contributed by atoms with Crippen LogP contribution >= 0.6 is 0 Å². The van der Waals surface area contributed by atoms with Crippen molar-refractivity contribution >= 4 is 5.69 Å². The third-order valence-corrected chi connectivity index (χ3v) is 4.72. The van der Waals surface area contributed by atoms with Gasteiger partial charge in [-0.25, -0.2) is 0 Å². The number of hydrogen-bond donors (Lipinski definition) is 1. The number of nitrogens with zero attached hydrogens (tertiary/aromatic N) is 1. The second kappa shape index (κ2) is 5.96. The van der Waals surface area contributed by atoms with Crippen LogP contribution in [0.3, 0.4) is 0 Å². The summed E-state index contributed by atoms with van der Waals surface area (Å²) in [6.07, 6.45) is 6.45. The number of anilines is 1. The van der Waals surface area contributed by atoms with Crippen LogP contribution in [-0.2, 0) is 6.42 Å². The molecule has 19 heavy (non-hydrogen) atoms.